The van der Waals surface area contributed by atoms with Crippen molar-refractivity contribution in [2.45, 2.75) is 92.5 Å². The molecule has 0 amide bonds. The van der Waals surface area contributed by atoms with Crippen LogP contribution in [-0.4, -0.2) is 28.1 Å². The fourth-order valence-electron chi connectivity index (χ4n) is 6.02. The van der Waals surface area contributed by atoms with Crippen LogP contribution in [0, 0.1) is 0 Å². The Hall–Kier alpha value is 1.12. The molecule has 0 saturated heterocycles. The summed E-state index contributed by atoms with van der Waals surface area (Å²) < 4.78 is 11.3. The molecule has 0 bridgehead atoms. The second-order valence-electron chi connectivity index (χ2n) is 8.61. The van der Waals surface area contributed by atoms with Gasteiger partial charge in [0.15, 0.2) is 0 Å². The summed E-state index contributed by atoms with van der Waals surface area (Å²) in [5.41, 5.74) is 0. The Morgan fingerprint density at radius 2 is 0.727 bits per heavy atom. The molecule has 0 N–H and O–H groups in total. The molecule has 0 aromatic rings. The topological polar surface area (TPSA) is 0 Å². The first kappa shape index (κ1) is 15.4. The van der Waals surface area contributed by atoms with E-state index in [-0.39, 0.29) is 0 Å². The van der Waals surface area contributed by atoms with Crippen molar-refractivity contribution in [3.63, 3.8) is 0 Å². The van der Waals surface area contributed by atoms with E-state index < -0.39 is 28.1 Å². The normalized spacial score (nSPS) is 34.5. The molecule has 2 heteroatoms. The van der Waals surface area contributed by atoms with Gasteiger partial charge in [0.1, 0.15) is 0 Å². The van der Waals surface area contributed by atoms with Crippen molar-refractivity contribution in [3.05, 3.63) is 20.2 Å². The molecule has 0 spiro atoms. The van der Waals surface area contributed by atoms with Crippen molar-refractivity contribution in [2.24, 2.45) is 0 Å². The van der Waals surface area contributed by atoms with Crippen LogP contribution in [0.5, 0.6) is 0 Å². The summed E-state index contributed by atoms with van der Waals surface area (Å²) in [5.74, 6) is 0. The number of hydrogen-bond donors (Lipinski definition) is 0. The van der Waals surface area contributed by atoms with Crippen LogP contribution in [0.3, 0.4) is 0 Å². The molecular formula is C20H32Sb2. The molecule has 0 aromatic heterocycles. The summed E-state index contributed by atoms with van der Waals surface area (Å²) in [5, 5.41) is 0. The zero-order valence-electron chi connectivity index (χ0n) is 14.0. The average Bonchev–Trinajstić information content (AvgIpc) is 2.23. The van der Waals surface area contributed by atoms with Gasteiger partial charge in [-0.15, -0.1) is 0 Å². The molecule has 4 saturated carbocycles. The molecule has 0 radical (unpaired) electrons. The van der Waals surface area contributed by atoms with E-state index >= 15 is 0 Å². The number of rotatable bonds is 4. The molecule has 0 aromatic carbocycles. The van der Waals surface area contributed by atoms with Crippen LogP contribution in [-0.2, 0) is 0 Å². The van der Waals surface area contributed by atoms with Crippen LogP contribution >= 0.6 is 0 Å². The van der Waals surface area contributed by atoms with Crippen molar-refractivity contribution in [2.75, 3.05) is 0 Å². The third-order valence-corrected chi connectivity index (χ3v) is 87.5. The molecule has 122 valence electrons. The Labute approximate surface area is 139 Å². The van der Waals surface area contributed by atoms with Crippen molar-refractivity contribution in [1.82, 2.24) is 0 Å². The Bertz CT molecular complexity index is 493. The van der Waals surface area contributed by atoms with Gasteiger partial charge in [-0.1, -0.05) is 0 Å². The van der Waals surface area contributed by atoms with E-state index in [0.717, 1.165) is 0 Å². The zero-order chi connectivity index (χ0) is 14.6. The standard InChI is InChI=1S/4C4H7.C4H4.2Sb/c4*1-2-4-3-1;1-3-4-2;;/h4*1H,2-4H2;1-4H;;. The van der Waals surface area contributed by atoms with Crippen molar-refractivity contribution in [3.8, 4) is 0 Å². The molecule has 0 unspecified atom stereocenters. The van der Waals surface area contributed by atoms with Gasteiger partial charge < -0.3 is 0 Å². The number of hydrogen-bond acceptors (Lipinski definition) is 0. The van der Waals surface area contributed by atoms with E-state index in [1.54, 1.807) is 77.0 Å². The molecule has 1 aliphatic heterocycles. The van der Waals surface area contributed by atoms with Gasteiger partial charge >= 0.3 is 141 Å². The van der Waals surface area contributed by atoms with E-state index in [1.807, 2.05) is 0 Å². The maximum absolute atomic E-state index is 3.06. The molecule has 4 fully saturated rings. The molecule has 0 nitrogen and oxygen atoms in total. The second-order valence-corrected chi connectivity index (χ2v) is 54.2. The van der Waals surface area contributed by atoms with Crippen LogP contribution < -0.4 is 0 Å². The summed E-state index contributed by atoms with van der Waals surface area (Å²) in [6.07, 6.45) is 24.8. The van der Waals surface area contributed by atoms with E-state index in [0.29, 0.717) is 0 Å². The SMILES string of the molecule is C1=[CH][Sb]([CH]2CCC2)([CH]2CCC2)=[Sb]([CH]2CCC2)([CH]2CCC2)[CH]=C1. The Morgan fingerprint density at radius 3 is 0.909 bits per heavy atom. The first-order valence-corrected chi connectivity index (χ1v) is 27.7. The predicted octanol–water partition coefficient (Wildman–Crippen LogP) is 6.38. The van der Waals surface area contributed by atoms with E-state index in [1.165, 1.54) is 15.5 Å². The third-order valence-electron chi connectivity index (χ3n) is 8.00. The zero-order valence-corrected chi connectivity index (χ0v) is 19.1. The van der Waals surface area contributed by atoms with Crippen molar-refractivity contribution < 1.29 is 0 Å². The van der Waals surface area contributed by atoms with Gasteiger partial charge in [0, 0.05) is 0 Å². The molecule has 5 rings (SSSR count). The minimum atomic E-state index is -1.96. The van der Waals surface area contributed by atoms with E-state index in [2.05, 4.69) is 20.2 Å². The van der Waals surface area contributed by atoms with Crippen LogP contribution in [0.2, 0.25) is 15.5 Å². The first-order valence-electron chi connectivity index (χ1n) is 10.0. The Kier molecular flexibility index (Phi) is 4.08. The van der Waals surface area contributed by atoms with Crippen LogP contribution in [0.25, 0.3) is 0 Å². The van der Waals surface area contributed by atoms with E-state index in [4.69, 9.17) is 0 Å². The van der Waals surface area contributed by atoms with Gasteiger partial charge in [-0.25, -0.2) is 0 Å². The van der Waals surface area contributed by atoms with Gasteiger partial charge in [-0.05, 0) is 0 Å². The maximum atomic E-state index is 3.06. The van der Waals surface area contributed by atoms with Gasteiger partial charge in [-0.2, -0.15) is 0 Å². The monoisotopic (exact) mass is 514 g/mol. The summed E-state index contributed by atoms with van der Waals surface area (Å²) in [6.45, 7) is 0. The quantitative estimate of drug-likeness (QED) is 0.381. The Morgan fingerprint density at radius 1 is 0.455 bits per heavy atom. The van der Waals surface area contributed by atoms with Crippen LogP contribution in [0.1, 0.15) is 77.0 Å². The fraction of sp³-hybridized carbons (Fsp3) is 0.800. The molecule has 22 heavy (non-hydrogen) atoms. The predicted molar refractivity (Wildman–Crippen MR) is 100 cm³/mol. The molecule has 4 aliphatic carbocycles. The van der Waals surface area contributed by atoms with Crippen molar-refractivity contribution in [1.29, 1.82) is 0 Å². The average molecular weight is 516 g/mol. The van der Waals surface area contributed by atoms with Gasteiger partial charge in [-0.3, -0.25) is 0 Å². The molecule has 0 atom stereocenters. The first-order chi connectivity index (χ1) is 10.9. The van der Waals surface area contributed by atoms with E-state index in [9.17, 15) is 0 Å². The Balaban J connectivity index is 1.79. The third kappa shape index (κ3) is 1.90. The minimum absolute atomic E-state index is 1.30. The number of allylic oxidation sites excluding steroid dienone is 2. The molecule has 1 heterocycles. The van der Waals surface area contributed by atoms with Gasteiger partial charge in [0.25, 0.3) is 0 Å². The van der Waals surface area contributed by atoms with Crippen LogP contribution in [0.15, 0.2) is 20.2 Å². The van der Waals surface area contributed by atoms with Gasteiger partial charge in [0.2, 0.25) is 0 Å². The summed E-state index contributed by atoms with van der Waals surface area (Å²) in [4.78, 5) is 0. The molecule has 5 aliphatic rings. The summed E-state index contributed by atoms with van der Waals surface area (Å²) in [6, 6.07) is 0. The van der Waals surface area contributed by atoms with Gasteiger partial charge in [0.05, 0.1) is 0 Å². The molecular weight excluding hydrogens is 484 g/mol. The van der Waals surface area contributed by atoms with Crippen molar-refractivity contribution >= 4 is 28.1 Å². The van der Waals surface area contributed by atoms with Crippen LogP contribution in [0.4, 0.5) is 0 Å². The summed E-state index contributed by atoms with van der Waals surface area (Å²) in [7, 11) is 0. The second kappa shape index (κ2) is 5.83. The fourth-order valence-corrected chi connectivity index (χ4v) is 109. The summed E-state index contributed by atoms with van der Waals surface area (Å²) >= 11 is -3.92.